The SMILES string of the molecule is Cc1nn(CC(=O)Nc2nc(-c3ccccc3)cs2)c(C)c1[N+](=O)[O-]. The van der Waals surface area contributed by atoms with Crippen LogP contribution in [0, 0.1) is 24.0 Å². The van der Waals surface area contributed by atoms with Gasteiger partial charge in [0.1, 0.15) is 17.9 Å². The van der Waals surface area contributed by atoms with Gasteiger partial charge in [0.05, 0.1) is 10.6 Å². The van der Waals surface area contributed by atoms with E-state index in [1.165, 1.54) is 16.0 Å². The molecule has 0 spiro atoms. The van der Waals surface area contributed by atoms with Crippen LogP contribution in [0.3, 0.4) is 0 Å². The first-order valence-corrected chi connectivity index (χ1v) is 8.33. The molecule has 1 amide bonds. The molecule has 0 bridgehead atoms. The van der Waals surface area contributed by atoms with Crippen molar-refractivity contribution in [2.45, 2.75) is 20.4 Å². The monoisotopic (exact) mass is 357 g/mol. The molecule has 0 radical (unpaired) electrons. The van der Waals surface area contributed by atoms with Crippen LogP contribution >= 0.6 is 11.3 Å². The Hall–Kier alpha value is -3.07. The first kappa shape index (κ1) is 16.8. The van der Waals surface area contributed by atoms with Crippen molar-refractivity contribution in [1.29, 1.82) is 0 Å². The lowest BCUT2D eigenvalue weighted by molar-refractivity contribution is -0.386. The van der Waals surface area contributed by atoms with Crippen LogP contribution in [-0.4, -0.2) is 25.6 Å². The number of hydrogen-bond acceptors (Lipinski definition) is 6. The largest absolute Gasteiger partial charge is 0.312 e. The standard InChI is InChI=1S/C16H15N5O3S/c1-10-15(21(23)24)11(2)20(19-10)8-14(22)18-16-17-13(9-25-16)12-6-4-3-5-7-12/h3-7,9H,8H2,1-2H3,(H,17,18,22). The molecule has 0 unspecified atom stereocenters. The fraction of sp³-hybridized carbons (Fsp3) is 0.188. The molecule has 1 aromatic carbocycles. The van der Waals surface area contributed by atoms with Crippen molar-refractivity contribution < 1.29 is 9.72 Å². The van der Waals surface area contributed by atoms with Gasteiger partial charge in [0, 0.05) is 10.9 Å². The van der Waals surface area contributed by atoms with Gasteiger partial charge < -0.3 is 5.32 Å². The van der Waals surface area contributed by atoms with E-state index in [1.54, 1.807) is 13.8 Å². The van der Waals surface area contributed by atoms with Gasteiger partial charge in [-0.2, -0.15) is 5.10 Å². The summed E-state index contributed by atoms with van der Waals surface area (Å²) in [5, 5.41) is 20.1. The molecule has 0 fully saturated rings. The van der Waals surface area contributed by atoms with Gasteiger partial charge >= 0.3 is 5.69 Å². The normalized spacial score (nSPS) is 10.6. The van der Waals surface area contributed by atoms with Gasteiger partial charge in [-0.25, -0.2) is 4.98 Å². The maximum absolute atomic E-state index is 12.2. The molecule has 3 aromatic rings. The number of rotatable bonds is 5. The number of thiazole rings is 1. The predicted octanol–water partition coefficient (Wildman–Crippen LogP) is 3.17. The minimum absolute atomic E-state index is 0.0617. The third-order valence-corrected chi connectivity index (χ3v) is 4.40. The van der Waals surface area contributed by atoms with Crippen molar-refractivity contribution in [1.82, 2.24) is 14.8 Å². The third-order valence-electron chi connectivity index (χ3n) is 3.64. The number of carbonyl (C=O) groups excluding carboxylic acids is 1. The minimum Gasteiger partial charge on any atom is -0.300 e. The molecule has 9 heteroatoms. The fourth-order valence-corrected chi connectivity index (χ4v) is 3.21. The highest BCUT2D eigenvalue weighted by molar-refractivity contribution is 7.14. The van der Waals surface area contributed by atoms with Crippen LogP contribution in [0.2, 0.25) is 0 Å². The van der Waals surface area contributed by atoms with Crippen LogP contribution in [0.15, 0.2) is 35.7 Å². The summed E-state index contributed by atoms with van der Waals surface area (Å²) in [4.78, 5) is 27.1. The molecule has 8 nitrogen and oxygen atoms in total. The zero-order chi connectivity index (χ0) is 18.0. The zero-order valence-corrected chi connectivity index (χ0v) is 14.4. The lowest BCUT2D eigenvalue weighted by Gasteiger charge is -2.03. The molecule has 3 rings (SSSR count). The number of aromatic nitrogens is 3. The summed E-state index contributed by atoms with van der Waals surface area (Å²) in [5.74, 6) is -0.338. The Labute approximate surface area is 147 Å². The Bertz CT molecular complexity index is 933. The highest BCUT2D eigenvalue weighted by Crippen LogP contribution is 2.25. The Balaban J connectivity index is 1.71. The van der Waals surface area contributed by atoms with E-state index in [1.807, 2.05) is 35.7 Å². The lowest BCUT2D eigenvalue weighted by atomic mass is 10.2. The van der Waals surface area contributed by atoms with Crippen LogP contribution in [0.4, 0.5) is 10.8 Å². The molecule has 0 aliphatic carbocycles. The second-order valence-corrected chi connectivity index (χ2v) is 6.24. The second-order valence-electron chi connectivity index (χ2n) is 5.39. The van der Waals surface area contributed by atoms with Crippen molar-refractivity contribution in [3.63, 3.8) is 0 Å². The van der Waals surface area contributed by atoms with E-state index in [4.69, 9.17) is 0 Å². The molecule has 25 heavy (non-hydrogen) atoms. The van der Waals surface area contributed by atoms with E-state index in [0.717, 1.165) is 11.3 Å². The lowest BCUT2D eigenvalue weighted by Crippen LogP contribution is -2.20. The molecule has 0 atom stereocenters. The summed E-state index contributed by atoms with van der Waals surface area (Å²) < 4.78 is 1.33. The number of nitro groups is 1. The molecule has 2 aromatic heterocycles. The topological polar surface area (TPSA) is 103 Å². The number of amides is 1. The maximum atomic E-state index is 12.2. The van der Waals surface area contributed by atoms with Crippen LogP contribution in [-0.2, 0) is 11.3 Å². The van der Waals surface area contributed by atoms with Gasteiger partial charge in [-0.3, -0.25) is 19.6 Å². The van der Waals surface area contributed by atoms with E-state index in [2.05, 4.69) is 15.4 Å². The van der Waals surface area contributed by atoms with Gasteiger partial charge in [0.2, 0.25) is 5.91 Å². The Morgan fingerprint density at radius 2 is 2.04 bits per heavy atom. The summed E-state index contributed by atoms with van der Waals surface area (Å²) in [5.41, 5.74) is 2.32. The minimum atomic E-state index is -0.487. The summed E-state index contributed by atoms with van der Waals surface area (Å²) in [6.07, 6.45) is 0. The van der Waals surface area contributed by atoms with Crippen molar-refractivity contribution in [3.05, 3.63) is 57.2 Å². The molecule has 1 N–H and O–H groups in total. The van der Waals surface area contributed by atoms with Gasteiger partial charge in [-0.1, -0.05) is 30.3 Å². The average molecular weight is 357 g/mol. The van der Waals surface area contributed by atoms with Crippen LogP contribution in [0.1, 0.15) is 11.4 Å². The molecule has 0 saturated heterocycles. The average Bonchev–Trinajstić information content (AvgIpc) is 3.13. The Morgan fingerprint density at radius 3 is 2.68 bits per heavy atom. The Morgan fingerprint density at radius 1 is 1.32 bits per heavy atom. The molecule has 128 valence electrons. The molecule has 2 heterocycles. The van der Waals surface area contributed by atoms with Crippen molar-refractivity contribution in [2.75, 3.05) is 5.32 Å². The second kappa shape index (κ2) is 6.81. The highest BCUT2D eigenvalue weighted by atomic mass is 32.1. The first-order chi connectivity index (χ1) is 12.0. The molecular weight excluding hydrogens is 342 g/mol. The highest BCUT2D eigenvalue weighted by Gasteiger charge is 2.22. The van der Waals surface area contributed by atoms with E-state index < -0.39 is 4.92 Å². The maximum Gasteiger partial charge on any atom is 0.312 e. The van der Waals surface area contributed by atoms with Gasteiger partial charge in [-0.05, 0) is 13.8 Å². The number of carbonyl (C=O) groups is 1. The summed E-state index contributed by atoms with van der Waals surface area (Å²) in [7, 11) is 0. The van der Waals surface area contributed by atoms with Crippen LogP contribution in [0.25, 0.3) is 11.3 Å². The van der Waals surface area contributed by atoms with Crippen LogP contribution < -0.4 is 5.32 Å². The summed E-state index contributed by atoms with van der Waals surface area (Å²) in [6, 6.07) is 9.64. The smallest absolute Gasteiger partial charge is 0.300 e. The zero-order valence-electron chi connectivity index (χ0n) is 13.6. The number of anilines is 1. The number of hydrogen-bond donors (Lipinski definition) is 1. The number of nitrogens with zero attached hydrogens (tertiary/aromatic N) is 4. The van der Waals surface area contributed by atoms with E-state index >= 15 is 0 Å². The van der Waals surface area contributed by atoms with E-state index in [9.17, 15) is 14.9 Å². The Kier molecular flexibility index (Phi) is 4.57. The quantitative estimate of drug-likeness (QED) is 0.558. The molecule has 0 aliphatic rings. The number of aryl methyl sites for hydroxylation is 1. The van der Waals surface area contributed by atoms with E-state index in [-0.39, 0.29) is 23.8 Å². The third kappa shape index (κ3) is 3.56. The van der Waals surface area contributed by atoms with Crippen molar-refractivity contribution in [3.8, 4) is 11.3 Å². The van der Waals surface area contributed by atoms with Gasteiger partial charge in [-0.15, -0.1) is 11.3 Å². The summed E-state index contributed by atoms with van der Waals surface area (Å²) in [6.45, 7) is 3.01. The number of nitrogens with one attached hydrogen (secondary N) is 1. The first-order valence-electron chi connectivity index (χ1n) is 7.45. The molecule has 0 saturated carbocycles. The molecule has 0 aliphatic heterocycles. The predicted molar refractivity (Wildman–Crippen MR) is 94.5 cm³/mol. The fourth-order valence-electron chi connectivity index (χ4n) is 2.47. The van der Waals surface area contributed by atoms with Gasteiger partial charge in [0.15, 0.2) is 5.13 Å². The molecular formula is C16H15N5O3S. The summed E-state index contributed by atoms with van der Waals surface area (Å²) >= 11 is 1.32. The van der Waals surface area contributed by atoms with Gasteiger partial charge in [0.25, 0.3) is 0 Å². The van der Waals surface area contributed by atoms with Crippen molar-refractivity contribution >= 4 is 28.1 Å². The van der Waals surface area contributed by atoms with Crippen molar-refractivity contribution in [2.24, 2.45) is 0 Å². The number of benzene rings is 1. The van der Waals surface area contributed by atoms with E-state index in [0.29, 0.717) is 10.8 Å². The van der Waals surface area contributed by atoms with Crippen LogP contribution in [0.5, 0.6) is 0 Å².